The van der Waals surface area contributed by atoms with E-state index in [2.05, 4.69) is 16.6 Å². The lowest BCUT2D eigenvalue weighted by Crippen LogP contribution is -1.95. The second kappa shape index (κ2) is 6.44. The summed E-state index contributed by atoms with van der Waals surface area (Å²) in [7, 11) is 4.45. The summed E-state index contributed by atoms with van der Waals surface area (Å²) in [5, 5.41) is 0. The molecule has 0 bridgehead atoms. The van der Waals surface area contributed by atoms with Crippen LogP contribution >= 0.6 is 0 Å². The summed E-state index contributed by atoms with van der Waals surface area (Å²) >= 11 is 0. The van der Waals surface area contributed by atoms with Crippen LogP contribution in [0.3, 0.4) is 0 Å². The van der Waals surface area contributed by atoms with Crippen molar-refractivity contribution < 1.29 is 19.0 Å². The van der Waals surface area contributed by atoms with Gasteiger partial charge in [0.25, 0.3) is 0 Å². The van der Waals surface area contributed by atoms with Crippen molar-refractivity contribution in [3.8, 4) is 23.3 Å². The van der Waals surface area contributed by atoms with Gasteiger partial charge in [-0.05, 0) is 17.7 Å². The Balaban J connectivity index is 2.78. The van der Waals surface area contributed by atoms with Gasteiger partial charge in [-0.3, -0.25) is 0 Å². The Morgan fingerprint density at radius 2 is 1.88 bits per heavy atom. The number of methoxy groups -OCH3 is 3. The standard InChI is InChI=1S/C13H14O4/c1-15-11-8-7-10(9-12(11)16-2)5-4-6-13(14)17-3/h7-9H,5H2,1-3H3. The van der Waals surface area contributed by atoms with Gasteiger partial charge >= 0.3 is 5.97 Å². The molecule has 0 amide bonds. The molecule has 0 heterocycles. The summed E-state index contributed by atoms with van der Waals surface area (Å²) in [6, 6.07) is 5.49. The van der Waals surface area contributed by atoms with E-state index in [-0.39, 0.29) is 0 Å². The second-order valence-electron chi connectivity index (χ2n) is 3.16. The molecule has 1 rings (SSSR count). The number of carbonyl (C=O) groups excluding carboxylic acids is 1. The first kappa shape index (κ1) is 12.9. The number of hydrogen-bond acceptors (Lipinski definition) is 4. The highest BCUT2D eigenvalue weighted by Crippen LogP contribution is 2.27. The van der Waals surface area contributed by atoms with Gasteiger partial charge in [0.05, 0.1) is 21.3 Å². The van der Waals surface area contributed by atoms with Crippen molar-refractivity contribution in [3.05, 3.63) is 23.8 Å². The first-order valence-electron chi connectivity index (χ1n) is 4.99. The molecule has 0 aliphatic rings. The highest BCUT2D eigenvalue weighted by Gasteiger charge is 2.03. The number of benzene rings is 1. The molecule has 1 aromatic rings. The maximum Gasteiger partial charge on any atom is 0.384 e. The lowest BCUT2D eigenvalue weighted by molar-refractivity contribution is -0.133. The molecule has 0 saturated heterocycles. The summed E-state index contributed by atoms with van der Waals surface area (Å²) in [5.74, 6) is 5.85. The maximum absolute atomic E-state index is 10.8. The quantitative estimate of drug-likeness (QED) is 0.451. The number of hydrogen-bond donors (Lipinski definition) is 0. The molecule has 4 nitrogen and oxygen atoms in total. The van der Waals surface area contributed by atoms with E-state index in [1.807, 2.05) is 12.1 Å². The minimum atomic E-state index is -0.537. The molecule has 90 valence electrons. The molecule has 4 heteroatoms. The molecular formula is C13H14O4. The molecule has 0 aliphatic heterocycles. The van der Waals surface area contributed by atoms with Gasteiger partial charge in [-0.15, -0.1) is 0 Å². The van der Waals surface area contributed by atoms with Gasteiger partial charge in [0, 0.05) is 12.3 Å². The summed E-state index contributed by atoms with van der Waals surface area (Å²) in [6.45, 7) is 0. The van der Waals surface area contributed by atoms with Gasteiger partial charge < -0.3 is 14.2 Å². The zero-order valence-corrected chi connectivity index (χ0v) is 10.1. The van der Waals surface area contributed by atoms with E-state index >= 15 is 0 Å². The van der Waals surface area contributed by atoms with Gasteiger partial charge in [-0.1, -0.05) is 12.0 Å². The Kier molecular flexibility index (Phi) is 4.89. The van der Waals surface area contributed by atoms with Crippen LogP contribution in [0.2, 0.25) is 0 Å². The van der Waals surface area contributed by atoms with Crippen LogP contribution in [-0.4, -0.2) is 27.3 Å². The normalized spacial score (nSPS) is 8.88. The molecule has 17 heavy (non-hydrogen) atoms. The monoisotopic (exact) mass is 234 g/mol. The number of rotatable bonds is 3. The fourth-order valence-corrected chi connectivity index (χ4v) is 1.26. The number of esters is 1. The topological polar surface area (TPSA) is 44.8 Å². The maximum atomic E-state index is 10.8. The molecule has 0 atom stereocenters. The SMILES string of the molecule is COC(=O)C#CCc1ccc(OC)c(OC)c1. The van der Waals surface area contributed by atoms with Crippen molar-refractivity contribution >= 4 is 5.97 Å². The Hall–Kier alpha value is -2.15. The van der Waals surface area contributed by atoms with Crippen molar-refractivity contribution in [2.75, 3.05) is 21.3 Å². The predicted octanol–water partition coefficient (Wildman–Crippen LogP) is 1.42. The van der Waals surface area contributed by atoms with E-state index in [1.54, 1.807) is 20.3 Å². The number of carbonyl (C=O) groups is 1. The van der Waals surface area contributed by atoms with Gasteiger partial charge in [0.2, 0.25) is 0 Å². The first-order chi connectivity index (χ1) is 8.21. The zero-order valence-electron chi connectivity index (χ0n) is 10.1. The largest absolute Gasteiger partial charge is 0.493 e. The zero-order chi connectivity index (χ0) is 12.7. The van der Waals surface area contributed by atoms with Crippen LogP contribution < -0.4 is 9.47 Å². The minimum absolute atomic E-state index is 0.454. The molecular weight excluding hydrogens is 220 g/mol. The van der Waals surface area contributed by atoms with Crippen LogP contribution in [0.4, 0.5) is 0 Å². The van der Waals surface area contributed by atoms with Gasteiger partial charge in [0.15, 0.2) is 11.5 Å². The van der Waals surface area contributed by atoms with Gasteiger partial charge in [-0.25, -0.2) is 4.79 Å². The van der Waals surface area contributed by atoms with E-state index in [4.69, 9.17) is 9.47 Å². The van der Waals surface area contributed by atoms with Crippen molar-refractivity contribution in [3.63, 3.8) is 0 Å². The second-order valence-corrected chi connectivity index (χ2v) is 3.16. The van der Waals surface area contributed by atoms with Gasteiger partial charge in [-0.2, -0.15) is 0 Å². The Morgan fingerprint density at radius 3 is 2.47 bits per heavy atom. The third-order valence-corrected chi connectivity index (χ3v) is 2.12. The Bertz CT molecular complexity index is 454. The smallest absolute Gasteiger partial charge is 0.384 e. The number of ether oxygens (including phenoxy) is 3. The summed E-state index contributed by atoms with van der Waals surface area (Å²) in [6.07, 6.45) is 0.454. The minimum Gasteiger partial charge on any atom is -0.493 e. The van der Waals surface area contributed by atoms with Crippen LogP contribution in [-0.2, 0) is 16.0 Å². The molecule has 1 aromatic carbocycles. The molecule has 0 fully saturated rings. The average Bonchev–Trinajstić information content (AvgIpc) is 2.38. The summed E-state index contributed by atoms with van der Waals surface area (Å²) in [4.78, 5) is 10.8. The van der Waals surface area contributed by atoms with E-state index in [9.17, 15) is 4.79 Å². The van der Waals surface area contributed by atoms with Gasteiger partial charge in [0.1, 0.15) is 0 Å². The van der Waals surface area contributed by atoms with Crippen molar-refractivity contribution in [1.82, 2.24) is 0 Å². The van der Waals surface area contributed by atoms with Crippen molar-refractivity contribution in [2.45, 2.75) is 6.42 Å². The highest BCUT2D eigenvalue weighted by atomic mass is 16.5. The van der Waals surface area contributed by atoms with Crippen LogP contribution in [0.1, 0.15) is 5.56 Å². The average molecular weight is 234 g/mol. The third kappa shape index (κ3) is 3.72. The molecule has 0 aromatic heterocycles. The van der Waals surface area contributed by atoms with E-state index in [1.165, 1.54) is 7.11 Å². The molecule has 0 N–H and O–H groups in total. The Morgan fingerprint density at radius 1 is 1.18 bits per heavy atom. The van der Waals surface area contributed by atoms with E-state index in [0.29, 0.717) is 17.9 Å². The molecule has 0 aliphatic carbocycles. The van der Waals surface area contributed by atoms with E-state index < -0.39 is 5.97 Å². The third-order valence-electron chi connectivity index (χ3n) is 2.12. The molecule has 0 saturated carbocycles. The molecule has 0 unspecified atom stereocenters. The predicted molar refractivity (Wildman–Crippen MR) is 63.0 cm³/mol. The van der Waals surface area contributed by atoms with Crippen LogP contribution in [0.5, 0.6) is 11.5 Å². The first-order valence-corrected chi connectivity index (χ1v) is 4.99. The fraction of sp³-hybridized carbons (Fsp3) is 0.308. The van der Waals surface area contributed by atoms with Crippen LogP contribution in [0, 0.1) is 11.8 Å². The fourth-order valence-electron chi connectivity index (χ4n) is 1.26. The van der Waals surface area contributed by atoms with Crippen LogP contribution in [0.15, 0.2) is 18.2 Å². The van der Waals surface area contributed by atoms with Crippen LogP contribution in [0.25, 0.3) is 0 Å². The van der Waals surface area contributed by atoms with Crippen molar-refractivity contribution in [2.24, 2.45) is 0 Å². The summed E-state index contributed by atoms with van der Waals surface area (Å²) < 4.78 is 14.7. The summed E-state index contributed by atoms with van der Waals surface area (Å²) in [5.41, 5.74) is 0.944. The molecule has 0 spiro atoms. The highest BCUT2D eigenvalue weighted by molar-refractivity contribution is 5.88. The van der Waals surface area contributed by atoms with Crippen molar-refractivity contribution in [1.29, 1.82) is 0 Å². The lowest BCUT2D eigenvalue weighted by Gasteiger charge is -2.07. The molecule has 0 radical (unpaired) electrons. The Labute approximate surface area is 100 Å². The lowest BCUT2D eigenvalue weighted by atomic mass is 10.1. The van der Waals surface area contributed by atoms with E-state index in [0.717, 1.165) is 5.56 Å².